The van der Waals surface area contributed by atoms with Crippen LogP contribution in [0.1, 0.15) is 5.56 Å². The molecule has 0 aliphatic rings. The summed E-state index contributed by atoms with van der Waals surface area (Å²) in [5.41, 5.74) is 4.59. The molecule has 3 rings (SSSR count). The van der Waals surface area contributed by atoms with Gasteiger partial charge in [0.25, 0.3) is 0 Å². The lowest BCUT2D eigenvalue weighted by Crippen LogP contribution is -1.99. The van der Waals surface area contributed by atoms with Gasteiger partial charge in [-0.05, 0) is 12.1 Å². The summed E-state index contributed by atoms with van der Waals surface area (Å²) in [7, 11) is 0. The van der Waals surface area contributed by atoms with Gasteiger partial charge in [0, 0.05) is 16.5 Å². The number of aromatic nitrogens is 2. The summed E-state index contributed by atoms with van der Waals surface area (Å²) in [6.45, 7) is 0. The average molecular weight is 313 g/mol. The first-order valence-corrected chi connectivity index (χ1v) is 7.26. The Morgan fingerprint density at radius 3 is 2.16 bits per heavy atom. The van der Waals surface area contributed by atoms with Gasteiger partial charge in [-0.2, -0.15) is 5.10 Å². The molecular weight excluding hydrogens is 300 g/mol. The van der Waals surface area contributed by atoms with Crippen molar-refractivity contribution in [2.45, 2.75) is 5.33 Å². The van der Waals surface area contributed by atoms with Crippen LogP contribution in [0.3, 0.4) is 0 Å². The molecule has 0 saturated carbocycles. The van der Waals surface area contributed by atoms with E-state index in [1.807, 2.05) is 35.1 Å². The van der Waals surface area contributed by atoms with Crippen LogP contribution in [-0.4, -0.2) is 9.78 Å². The van der Waals surface area contributed by atoms with Gasteiger partial charge < -0.3 is 0 Å². The molecule has 0 aliphatic carbocycles. The first-order chi connectivity index (χ1) is 9.40. The molecule has 2 aromatic carbocycles. The van der Waals surface area contributed by atoms with E-state index in [1.54, 1.807) is 0 Å². The van der Waals surface area contributed by atoms with Gasteiger partial charge >= 0.3 is 0 Å². The minimum absolute atomic E-state index is 0.796. The van der Waals surface area contributed by atoms with Gasteiger partial charge in [-0.1, -0.05) is 64.5 Å². The molecule has 0 unspecified atom stereocenters. The maximum Gasteiger partial charge on any atom is 0.0781 e. The van der Waals surface area contributed by atoms with Crippen LogP contribution in [0.5, 0.6) is 0 Å². The number of alkyl halides is 1. The van der Waals surface area contributed by atoms with Crippen molar-refractivity contribution in [3.8, 4) is 16.9 Å². The quantitative estimate of drug-likeness (QED) is 0.654. The molecule has 0 fully saturated rings. The van der Waals surface area contributed by atoms with Crippen LogP contribution in [0.15, 0.2) is 66.9 Å². The summed E-state index contributed by atoms with van der Waals surface area (Å²) in [5.74, 6) is 0. The zero-order chi connectivity index (χ0) is 13.1. The summed E-state index contributed by atoms with van der Waals surface area (Å²) in [6, 6.07) is 20.6. The van der Waals surface area contributed by atoms with Crippen LogP contribution in [0.4, 0.5) is 0 Å². The van der Waals surface area contributed by atoms with Crippen LogP contribution < -0.4 is 0 Å². The second kappa shape index (κ2) is 5.41. The Morgan fingerprint density at radius 2 is 1.53 bits per heavy atom. The lowest BCUT2D eigenvalue weighted by atomic mass is 10.1. The molecule has 1 aromatic heterocycles. The molecule has 1 heterocycles. The normalized spacial score (nSPS) is 10.6. The second-order valence-electron chi connectivity index (χ2n) is 4.27. The summed E-state index contributed by atoms with van der Waals surface area (Å²) in [6.07, 6.45) is 1.92. The lowest BCUT2D eigenvalue weighted by Gasteiger charge is -2.09. The van der Waals surface area contributed by atoms with Crippen LogP contribution in [-0.2, 0) is 5.33 Å². The van der Waals surface area contributed by atoms with Gasteiger partial charge in [0.15, 0.2) is 0 Å². The Labute approximate surface area is 120 Å². The fraction of sp³-hybridized carbons (Fsp3) is 0.0625. The fourth-order valence-electron chi connectivity index (χ4n) is 2.15. The molecule has 94 valence electrons. The standard InChI is InChI=1S/C16H13BrN2/c17-11-14-12-18-19(15-9-5-2-6-10-15)16(14)13-7-3-1-4-8-13/h1-10,12H,11H2. The third-order valence-corrected chi connectivity index (χ3v) is 3.64. The van der Waals surface area contributed by atoms with E-state index in [1.165, 1.54) is 11.1 Å². The number of benzene rings is 2. The van der Waals surface area contributed by atoms with Crippen molar-refractivity contribution in [1.29, 1.82) is 0 Å². The highest BCUT2D eigenvalue weighted by atomic mass is 79.9. The van der Waals surface area contributed by atoms with Crippen LogP contribution in [0.2, 0.25) is 0 Å². The highest BCUT2D eigenvalue weighted by Gasteiger charge is 2.12. The first-order valence-electron chi connectivity index (χ1n) is 6.14. The zero-order valence-corrected chi connectivity index (χ0v) is 11.9. The summed E-state index contributed by atoms with van der Waals surface area (Å²) < 4.78 is 1.99. The monoisotopic (exact) mass is 312 g/mol. The van der Waals surface area contributed by atoms with Gasteiger partial charge in [-0.25, -0.2) is 4.68 Å². The molecule has 0 aliphatic heterocycles. The number of hydrogen-bond acceptors (Lipinski definition) is 1. The molecule has 0 bridgehead atoms. The summed E-state index contributed by atoms with van der Waals surface area (Å²) >= 11 is 3.54. The predicted octanol–water partition coefficient (Wildman–Crippen LogP) is 4.43. The maximum absolute atomic E-state index is 4.52. The number of nitrogens with zero attached hydrogens (tertiary/aromatic N) is 2. The van der Waals surface area contributed by atoms with Crippen molar-refractivity contribution in [2.24, 2.45) is 0 Å². The van der Waals surface area contributed by atoms with E-state index in [2.05, 4.69) is 57.4 Å². The maximum atomic E-state index is 4.52. The number of halogens is 1. The smallest absolute Gasteiger partial charge is 0.0781 e. The molecule has 3 aromatic rings. The Kier molecular flexibility index (Phi) is 3.47. The van der Waals surface area contributed by atoms with E-state index in [-0.39, 0.29) is 0 Å². The Morgan fingerprint density at radius 1 is 0.895 bits per heavy atom. The highest BCUT2D eigenvalue weighted by molar-refractivity contribution is 9.08. The van der Waals surface area contributed by atoms with E-state index >= 15 is 0 Å². The SMILES string of the molecule is BrCc1cnn(-c2ccccc2)c1-c1ccccc1. The highest BCUT2D eigenvalue weighted by Crippen LogP contribution is 2.27. The Balaban J connectivity index is 2.20. The van der Waals surface area contributed by atoms with Crippen molar-refractivity contribution < 1.29 is 0 Å². The second-order valence-corrected chi connectivity index (χ2v) is 4.83. The van der Waals surface area contributed by atoms with E-state index < -0.39 is 0 Å². The van der Waals surface area contributed by atoms with Crippen LogP contribution >= 0.6 is 15.9 Å². The van der Waals surface area contributed by atoms with Gasteiger partial charge in [-0.3, -0.25) is 0 Å². The number of para-hydroxylation sites is 1. The predicted molar refractivity (Wildman–Crippen MR) is 81.6 cm³/mol. The van der Waals surface area contributed by atoms with Gasteiger partial charge in [0.05, 0.1) is 17.6 Å². The molecule has 0 atom stereocenters. The third kappa shape index (κ3) is 2.34. The molecule has 0 radical (unpaired) electrons. The van der Waals surface area contributed by atoms with E-state index in [0.29, 0.717) is 0 Å². The number of rotatable bonds is 3. The van der Waals surface area contributed by atoms with Gasteiger partial charge in [0.1, 0.15) is 0 Å². The summed E-state index contributed by atoms with van der Waals surface area (Å²) in [4.78, 5) is 0. The van der Waals surface area contributed by atoms with Crippen LogP contribution in [0.25, 0.3) is 16.9 Å². The number of hydrogen-bond donors (Lipinski definition) is 0. The lowest BCUT2D eigenvalue weighted by molar-refractivity contribution is 0.888. The molecule has 19 heavy (non-hydrogen) atoms. The van der Waals surface area contributed by atoms with Crippen molar-refractivity contribution in [2.75, 3.05) is 0 Å². The summed E-state index contributed by atoms with van der Waals surface area (Å²) in [5, 5.41) is 5.32. The molecule has 0 N–H and O–H groups in total. The van der Waals surface area contributed by atoms with E-state index in [0.717, 1.165) is 16.7 Å². The molecule has 2 nitrogen and oxygen atoms in total. The largest absolute Gasteiger partial charge is 0.233 e. The van der Waals surface area contributed by atoms with Gasteiger partial charge in [-0.15, -0.1) is 0 Å². The zero-order valence-electron chi connectivity index (χ0n) is 10.3. The van der Waals surface area contributed by atoms with Crippen LogP contribution in [0, 0.1) is 0 Å². The van der Waals surface area contributed by atoms with Crippen molar-refractivity contribution >= 4 is 15.9 Å². The van der Waals surface area contributed by atoms with Gasteiger partial charge in [0.2, 0.25) is 0 Å². The average Bonchev–Trinajstić information content (AvgIpc) is 2.93. The molecule has 3 heteroatoms. The Hall–Kier alpha value is -1.87. The first kappa shape index (κ1) is 12.2. The van der Waals surface area contributed by atoms with Crippen molar-refractivity contribution in [3.63, 3.8) is 0 Å². The molecular formula is C16H13BrN2. The molecule has 0 saturated heterocycles. The minimum Gasteiger partial charge on any atom is -0.233 e. The van der Waals surface area contributed by atoms with Crippen molar-refractivity contribution in [1.82, 2.24) is 9.78 Å². The topological polar surface area (TPSA) is 17.8 Å². The van der Waals surface area contributed by atoms with E-state index in [4.69, 9.17) is 0 Å². The fourth-order valence-corrected chi connectivity index (χ4v) is 2.56. The minimum atomic E-state index is 0.796. The van der Waals surface area contributed by atoms with Crippen molar-refractivity contribution in [3.05, 3.63) is 72.4 Å². The molecule has 0 spiro atoms. The Bertz CT molecular complexity index is 660. The van der Waals surface area contributed by atoms with E-state index in [9.17, 15) is 0 Å². The third-order valence-electron chi connectivity index (χ3n) is 3.04. The molecule has 0 amide bonds.